The average Bonchev–Trinajstić information content (AvgIpc) is 3.30. The van der Waals surface area contributed by atoms with Crippen LogP contribution in [0.1, 0.15) is 31.7 Å². The average molecular weight is 274 g/mol. The maximum absolute atomic E-state index is 12.2. The Morgan fingerprint density at radius 2 is 2.30 bits per heavy atom. The summed E-state index contributed by atoms with van der Waals surface area (Å²) in [4.78, 5) is 14.1. The fraction of sp³-hybridized carbons (Fsp3) is 0.562. The Morgan fingerprint density at radius 1 is 1.45 bits per heavy atom. The van der Waals surface area contributed by atoms with Crippen LogP contribution in [0.2, 0.25) is 0 Å². The third kappa shape index (κ3) is 2.74. The van der Waals surface area contributed by atoms with Crippen molar-refractivity contribution in [3.63, 3.8) is 0 Å². The molecule has 1 aromatic carbocycles. The molecule has 0 radical (unpaired) electrons. The molecule has 1 saturated carbocycles. The molecule has 0 atom stereocenters. The highest BCUT2D eigenvalue weighted by Gasteiger charge is 2.31. The second-order valence-corrected chi connectivity index (χ2v) is 5.52. The van der Waals surface area contributed by atoms with E-state index >= 15 is 0 Å². The minimum absolute atomic E-state index is 0.100. The zero-order valence-corrected chi connectivity index (χ0v) is 12.0. The fourth-order valence-electron chi connectivity index (χ4n) is 2.84. The Morgan fingerprint density at radius 3 is 3.05 bits per heavy atom. The third-order valence-corrected chi connectivity index (χ3v) is 4.04. The van der Waals surface area contributed by atoms with E-state index in [1.165, 1.54) is 5.56 Å². The molecule has 4 heteroatoms. The minimum Gasteiger partial charge on any atom is -0.482 e. The predicted molar refractivity (Wildman–Crippen MR) is 79.2 cm³/mol. The molecule has 1 amide bonds. The van der Waals surface area contributed by atoms with E-state index in [1.807, 2.05) is 24.0 Å². The van der Waals surface area contributed by atoms with Crippen LogP contribution in [-0.4, -0.2) is 36.5 Å². The number of rotatable bonds is 5. The number of hydrogen-bond acceptors (Lipinski definition) is 3. The maximum atomic E-state index is 12.2. The molecule has 0 aromatic heterocycles. The predicted octanol–water partition coefficient (Wildman–Crippen LogP) is 2.43. The number of para-hydroxylation sites is 1. The van der Waals surface area contributed by atoms with E-state index in [-0.39, 0.29) is 12.5 Å². The van der Waals surface area contributed by atoms with Gasteiger partial charge in [-0.15, -0.1) is 0 Å². The first-order chi connectivity index (χ1) is 9.79. The SMILES string of the molecule is CCN(C(=O)COc1cccc2c1NCCC2)C1CC1. The Labute approximate surface area is 120 Å². The van der Waals surface area contributed by atoms with E-state index in [2.05, 4.69) is 11.4 Å². The number of nitrogens with one attached hydrogen (secondary N) is 1. The van der Waals surface area contributed by atoms with E-state index in [4.69, 9.17) is 4.74 Å². The summed E-state index contributed by atoms with van der Waals surface area (Å²) in [5, 5.41) is 3.38. The highest BCUT2D eigenvalue weighted by atomic mass is 16.5. The lowest BCUT2D eigenvalue weighted by Crippen LogP contribution is -2.36. The van der Waals surface area contributed by atoms with Gasteiger partial charge >= 0.3 is 0 Å². The van der Waals surface area contributed by atoms with Crippen LogP contribution >= 0.6 is 0 Å². The number of carbonyl (C=O) groups excluding carboxylic acids is 1. The number of benzene rings is 1. The molecule has 0 saturated heterocycles. The van der Waals surface area contributed by atoms with E-state index in [0.29, 0.717) is 6.04 Å². The molecule has 2 aliphatic rings. The Balaban J connectivity index is 1.64. The van der Waals surface area contributed by atoms with Gasteiger partial charge in [0, 0.05) is 19.1 Å². The van der Waals surface area contributed by atoms with Crippen molar-refractivity contribution in [1.29, 1.82) is 0 Å². The van der Waals surface area contributed by atoms with Crippen molar-refractivity contribution >= 4 is 11.6 Å². The summed E-state index contributed by atoms with van der Waals surface area (Å²) in [6.07, 6.45) is 4.51. The van der Waals surface area contributed by atoms with E-state index in [0.717, 1.165) is 50.2 Å². The quantitative estimate of drug-likeness (QED) is 0.896. The molecule has 20 heavy (non-hydrogen) atoms. The van der Waals surface area contributed by atoms with Gasteiger partial charge in [0.25, 0.3) is 5.91 Å². The monoisotopic (exact) mass is 274 g/mol. The summed E-state index contributed by atoms with van der Waals surface area (Å²) < 4.78 is 5.77. The van der Waals surface area contributed by atoms with Gasteiger partial charge in [-0.2, -0.15) is 0 Å². The molecule has 1 aliphatic carbocycles. The van der Waals surface area contributed by atoms with Crippen molar-refractivity contribution in [3.05, 3.63) is 23.8 Å². The summed E-state index contributed by atoms with van der Waals surface area (Å²) >= 11 is 0. The minimum atomic E-state index is 0.100. The summed E-state index contributed by atoms with van der Waals surface area (Å²) in [6, 6.07) is 6.53. The molecule has 0 bridgehead atoms. The van der Waals surface area contributed by atoms with E-state index in [1.54, 1.807) is 0 Å². The number of amides is 1. The Hall–Kier alpha value is -1.71. The molecule has 1 fully saturated rings. The number of anilines is 1. The van der Waals surface area contributed by atoms with E-state index in [9.17, 15) is 4.79 Å². The number of fused-ring (bicyclic) bond motifs is 1. The second kappa shape index (κ2) is 5.73. The highest BCUT2D eigenvalue weighted by molar-refractivity contribution is 5.78. The summed E-state index contributed by atoms with van der Waals surface area (Å²) in [5.41, 5.74) is 2.36. The van der Waals surface area contributed by atoms with Gasteiger partial charge in [0.1, 0.15) is 5.75 Å². The van der Waals surface area contributed by atoms with Crippen molar-refractivity contribution in [2.75, 3.05) is 25.0 Å². The lowest BCUT2D eigenvalue weighted by atomic mass is 10.0. The van der Waals surface area contributed by atoms with Crippen LogP contribution in [0.25, 0.3) is 0 Å². The Bertz CT molecular complexity index is 497. The molecule has 0 spiro atoms. The van der Waals surface area contributed by atoms with Crippen molar-refractivity contribution in [2.24, 2.45) is 0 Å². The van der Waals surface area contributed by atoms with Crippen molar-refractivity contribution in [2.45, 2.75) is 38.6 Å². The molecule has 0 unspecified atom stereocenters. The van der Waals surface area contributed by atoms with Gasteiger partial charge in [0.05, 0.1) is 5.69 Å². The summed E-state index contributed by atoms with van der Waals surface area (Å²) in [6.45, 7) is 3.92. The Kier molecular flexibility index (Phi) is 3.81. The van der Waals surface area contributed by atoms with Gasteiger partial charge in [0.15, 0.2) is 6.61 Å². The van der Waals surface area contributed by atoms with Crippen molar-refractivity contribution < 1.29 is 9.53 Å². The highest BCUT2D eigenvalue weighted by Crippen LogP contribution is 2.32. The van der Waals surface area contributed by atoms with Crippen LogP contribution in [0.15, 0.2) is 18.2 Å². The number of ether oxygens (including phenoxy) is 1. The zero-order chi connectivity index (χ0) is 13.9. The number of likely N-dealkylation sites (N-methyl/N-ethyl adjacent to an activating group) is 1. The maximum Gasteiger partial charge on any atom is 0.260 e. The number of nitrogens with zero attached hydrogens (tertiary/aromatic N) is 1. The normalized spacial score (nSPS) is 17.1. The molecule has 108 valence electrons. The first-order valence-corrected chi connectivity index (χ1v) is 7.57. The van der Waals surface area contributed by atoms with Gasteiger partial charge in [-0.3, -0.25) is 4.79 Å². The number of aryl methyl sites for hydroxylation is 1. The zero-order valence-electron chi connectivity index (χ0n) is 12.0. The molecular weight excluding hydrogens is 252 g/mol. The lowest BCUT2D eigenvalue weighted by molar-refractivity contribution is -0.133. The smallest absolute Gasteiger partial charge is 0.260 e. The van der Waals surface area contributed by atoms with Crippen molar-refractivity contribution in [1.82, 2.24) is 4.90 Å². The van der Waals surface area contributed by atoms with Gasteiger partial charge in [0.2, 0.25) is 0 Å². The molecule has 1 aliphatic heterocycles. The fourth-order valence-corrected chi connectivity index (χ4v) is 2.84. The molecular formula is C16H22N2O2. The van der Waals surface area contributed by atoms with Gasteiger partial charge < -0.3 is 15.0 Å². The number of carbonyl (C=O) groups is 1. The largest absolute Gasteiger partial charge is 0.482 e. The molecule has 1 N–H and O–H groups in total. The first kappa shape index (κ1) is 13.3. The van der Waals surface area contributed by atoms with Gasteiger partial charge in [-0.25, -0.2) is 0 Å². The van der Waals surface area contributed by atoms with Crippen LogP contribution in [0.3, 0.4) is 0 Å². The van der Waals surface area contributed by atoms with Crippen LogP contribution in [0.5, 0.6) is 5.75 Å². The summed E-state index contributed by atoms with van der Waals surface area (Å²) in [5.74, 6) is 0.908. The van der Waals surface area contributed by atoms with Crippen molar-refractivity contribution in [3.8, 4) is 5.75 Å². The first-order valence-electron chi connectivity index (χ1n) is 7.57. The summed E-state index contributed by atoms with van der Waals surface area (Å²) in [7, 11) is 0. The molecule has 3 rings (SSSR count). The standard InChI is InChI=1S/C16H22N2O2/c1-2-18(13-8-9-13)15(19)11-20-14-7-3-5-12-6-4-10-17-16(12)14/h3,5,7,13,17H,2,4,6,8-11H2,1H3. The lowest BCUT2D eigenvalue weighted by Gasteiger charge is -2.23. The van der Waals surface area contributed by atoms with Crippen LogP contribution in [-0.2, 0) is 11.2 Å². The van der Waals surface area contributed by atoms with Gasteiger partial charge in [-0.05, 0) is 44.2 Å². The third-order valence-electron chi connectivity index (χ3n) is 4.04. The molecule has 1 heterocycles. The van der Waals surface area contributed by atoms with Crippen LogP contribution in [0.4, 0.5) is 5.69 Å². The number of hydrogen-bond donors (Lipinski definition) is 1. The topological polar surface area (TPSA) is 41.6 Å². The second-order valence-electron chi connectivity index (χ2n) is 5.52. The molecule has 1 aromatic rings. The van der Waals surface area contributed by atoms with Crippen LogP contribution in [0, 0.1) is 0 Å². The van der Waals surface area contributed by atoms with Crippen LogP contribution < -0.4 is 10.1 Å². The van der Waals surface area contributed by atoms with E-state index < -0.39 is 0 Å². The molecule has 4 nitrogen and oxygen atoms in total. The van der Waals surface area contributed by atoms with Gasteiger partial charge in [-0.1, -0.05) is 12.1 Å².